The molecule has 0 aliphatic heterocycles. The van der Waals surface area contributed by atoms with Gasteiger partial charge in [0.25, 0.3) is 0 Å². The zero-order chi connectivity index (χ0) is 12.4. The first kappa shape index (κ1) is 11.3. The van der Waals surface area contributed by atoms with Crippen molar-refractivity contribution in [2.45, 2.75) is 6.04 Å². The molecule has 1 unspecified atom stereocenters. The molecule has 0 aliphatic carbocycles. The quantitative estimate of drug-likeness (QED) is 0.758. The monoisotopic (exact) mass is 234 g/mol. The molecule has 0 fully saturated rings. The van der Waals surface area contributed by atoms with Crippen molar-refractivity contribution in [1.29, 1.82) is 0 Å². The number of hydrogen-bond acceptors (Lipinski definition) is 2. The topological polar surface area (TPSA) is 79.1 Å². The summed E-state index contributed by atoms with van der Waals surface area (Å²) >= 11 is 0. The van der Waals surface area contributed by atoms with Crippen LogP contribution >= 0.6 is 0 Å². The van der Waals surface area contributed by atoms with Crippen molar-refractivity contribution >= 4 is 22.4 Å². The standard InChI is InChI=1S/C12H11FN2O2/c13-5-8(11(14)12(16)17)9-6-15-10-4-2-1-3-7(9)10/h1-6,11,15H,14H2,(H,16,17). The minimum Gasteiger partial charge on any atom is -0.480 e. The molecule has 0 spiro atoms. The number of benzene rings is 1. The minimum absolute atomic E-state index is 0.0463. The Bertz CT molecular complexity index is 589. The Morgan fingerprint density at radius 2 is 2.18 bits per heavy atom. The molecule has 0 radical (unpaired) electrons. The van der Waals surface area contributed by atoms with Crippen LogP contribution in [-0.2, 0) is 4.79 Å². The molecule has 0 aliphatic rings. The van der Waals surface area contributed by atoms with Crippen LogP contribution in [0.2, 0.25) is 0 Å². The van der Waals surface area contributed by atoms with Crippen LogP contribution in [0.4, 0.5) is 4.39 Å². The maximum absolute atomic E-state index is 12.8. The van der Waals surface area contributed by atoms with Crippen LogP contribution in [-0.4, -0.2) is 22.1 Å². The van der Waals surface area contributed by atoms with Gasteiger partial charge < -0.3 is 15.8 Å². The number of fused-ring (bicyclic) bond motifs is 1. The highest BCUT2D eigenvalue weighted by Gasteiger charge is 2.21. The highest BCUT2D eigenvalue weighted by Crippen LogP contribution is 2.26. The van der Waals surface area contributed by atoms with Crippen molar-refractivity contribution in [2.24, 2.45) is 5.73 Å². The van der Waals surface area contributed by atoms with Crippen molar-refractivity contribution in [3.8, 4) is 0 Å². The third-order valence-electron chi connectivity index (χ3n) is 2.62. The summed E-state index contributed by atoms with van der Waals surface area (Å²) in [4.78, 5) is 13.7. The van der Waals surface area contributed by atoms with Crippen molar-refractivity contribution in [2.75, 3.05) is 0 Å². The molecule has 88 valence electrons. The van der Waals surface area contributed by atoms with Gasteiger partial charge in [0.05, 0.1) is 6.33 Å². The largest absolute Gasteiger partial charge is 0.480 e. The van der Waals surface area contributed by atoms with E-state index >= 15 is 0 Å². The van der Waals surface area contributed by atoms with E-state index in [-0.39, 0.29) is 11.9 Å². The summed E-state index contributed by atoms with van der Waals surface area (Å²) < 4.78 is 12.8. The van der Waals surface area contributed by atoms with Gasteiger partial charge in [-0.1, -0.05) is 18.2 Å². The fourth-order valence-electron chi connectivity index (χ4n) is 1.74. The predicted octanol–water partition coefficient (Wildman–Crippen LogP) is 1.89. The molecule has 1 heterocycles. The van der Waals surface area contributed by atoms with Gasteiger partial charge in [-0.2, -0.15) is 0 Å². The zero-order valence-electron chi connectivity index (χ0n) is 8.85. The highest BCUT2D eigenvalue weighted by atomic mass is 19.1. The molecule has 0 amide bonds. The van der Waals surface area contributed by atoms with Crippen LogP contribution in [0.15, 0.2) is 36.8 Å². The summed E-state index contributed by atoms with van der Waals surface area (Å²) in [7, 11) is 0. The number of carboxylic acid groups (broad SMARTS) is 1. The number of carboxylic acids is 1. The van der Waals surface area contributed by atoms with Gasteiger partial charge in [-0.15, -0.1) is 0 Å². The maximum atomic E-state index is 12.8. The van der Waals surface area contributed by atoms with Gasteiger partial charge in [0.2, 0.25) is 0 Å². The molecular formula is C12H11FN2O2. The highest BCUT2D eigenvalue weighted by molar-refractivity contribution is 5.99. The first-order chi connectivity index (χ1) is 8.15. The van der Waals surface area contributed by atoms with Crippen molar-refractivity contribution in [3.63, 3.8) is 0 Å². The first-order valence-electron chi connectivity index (χ1n) is 5.00. The fraction of sp³-hybridized carbons (Fsp3) is 0.0833. The summed E-state index contributed by atoms with van der Waals surface area (Å²) in [5.41, 5.74) is 6.66. The Morgan fingerprint density at radius 1 is 1.47 bits per heavy atom. The average Bonchev–Trinajstić information content (AvgIpc) is 2.74. The van der Waals surface area contributed by atoms with Crippen molar-refractivity contribution < 1.29 is 14.3 Å². The SMILES string of the molecule is NC(C(=O)O)C(=CF)c1c[nH]c2ccccc12. The third-order valence-corrected chi connectivity index (χ3v) is 2.62. The molecular weight excluding hydrogens is 223 g/mol. The molecule has 2 aromatic rings. The van der Waals surface area contributed by atoms with E-state index < -0.39 is 12.0 Å². The van der Waals surface area contributed by atoms with E-state index in [0.717, 1.165) is 10.9 Å². The van der Waals surface area contributed by atoms with E-state index in [1.54, 1.807) is 18.3 Å². The molecule has 0 bridgehead atoms. The van der Waals surface area contributed by atoms with Crippen LogP contribution in [0.1, 0.15) is 5.56 Å². The Balaban J connectivity index is 2.55. The lowest BCUT2D eigenvalue weighted by Gasteiger charge is -2.09. The fourth-order valence-corrected chi connectivity index (χ4v) is 1.74. The number of aliphatic carboxylic acids is 1. The number of para-hydroxylation sites is 1. The lowest BCUT2D eigenvalue weighted by atomic mass is 10.00. The number of H-pyrrole nitrogens is 1. The van der Waals surface area contributed by atoms with E-state index in [1.807, 2.05) is 12.1 Å². The van der Waals surface area contributed by atoms with Crippen LogP contribution in [0.5, 0.6) is 0 Å². The summed E-state index contributed by atoms with van der Waals surface area (Å²) in [6.07, 6.45) is 1.80. The van der Waals surface area contributed by atoms with E-state index in [9.17, 15) is 9.18 Å². The number of nitrogens with one attached hydrogen (secondary N) is 1. The molecule has 2 rings (SSSR count). The van der Waals surface area contributed by atoms with Gasteiger partial charge in [-0.25, -0.2) is 4.39 Å². The van der Waals surface area contributed by atoms with Gasteiger partial charge in [-0.3, -0.25) is 4.79 Å². The number of aromatic amines is 1. The minimum atomic E-state index is -1.38. The normalized spacial score (nSPS) is 13.9. The van der Waals surface area contributed by atoms with Crippen LogP contribution in [0, 0.1) is 0 Å². The number of halogens is 1. The summed E-state index contributed by atoms with van der Waals surface area (Å²) in [6.45, 7) is 0. The maximum Gasteiger partial charge on any atom is 0.325 e. The van der Waals surface area contributed by atoms with E-state index in [1.165, 1.54) is 0 Å². The molecule has 5 heteroatoms. The summed E-state index contributed by atoms with van der Waals surface area (Å²) in [5.74, 6) is -1.26. The van der Waals surface area contributed by atoms with Gasteiger partial charge in [0.1, 0.15) is 6.04 Å². The van der Waals surface area contributed by atoms with Gasteiger partial charge >= 0.3 is 5.97 Å². The molecule has 4 N–H and O–H groups in total. The lowest BCUT2D eigenvalue weighted by molar-refractivity contribution is -0.137. The van der Waals surface area contributed by atoms with Gasteiger partial charge in [-0.05, 0) is 6.07 Å². The van der Waals surface area contributed by atoms with E-state index in [4.69, 9.17) is 10.8 Å². The smallest absolute Gasteiger partial charge is 0.325 e. The average molecular weight is 234 g/mol. The van der Waals surface area contributed by atoms with E-state index in [2.05, 4.69) is 4.98 Å². The van der Waals surface area contributed by atoms with Gasteiger partial charge in [0, 0.05) is 28.2 Å². The van der Waals surface area contributed by atoms with Gasteiger partial charge in [0.15, 0.2) is 0 Å². The first-order valence-corrected chi connectivity index (χ1v) is 5.00. The number of nitrogens with two attached hydrogens (primary N) is 1. The van der Waals surface area contributed by atoms with Crippen LogP contribution in [0.25, 0.3) is 16.5 Å². The van der Waals surface area contributed by atoms with Crippen molar-refractivity contribution in [3.05, 3.63) is 42.4 Å². The van der Waals surface area contributed by atoms with E-state index in [0.29, 0.717) is 5.56 Å². The van der Waals surface area contributed by atoms with Crippen molar-refractivity contribution in [1.82, 2.24) is 4.98 Å². The summed E-state index contributed by atoms with van der Waals surface area (Å²) in [6, 6.07) is 5.85. The number of aromatic nitrogens is 1. The third kappa shape index (κ3) is 1.92. The number of rotatable bonds is 3. The number of hydrogen-bond donors (Lipinski definition) is 3. The molecule has 1 aromatic heterocycles. The molecule has 0 saturated heterocycles. The second-order valence-corrected chi connectivity index (χ2v) is 3.63. The van der Waals surface area contributed by atoms with Crippen LogP contribution < -0.4 is 5.73 Å². The molecule has 17 heavy (non-hydrogen) atoms. The Hall–Kier alpha value is -2.14. The van der Waals surface area contributed by atoms with Crippen LogP contribution in [0.3, 0.4) is 0 Å². The second kappa shape index (κ2) is 4.39. The Labute approximate surface area is 96.6 Å². The summed E-state index contributed by atoms with van der Waals surface area (Å²) in [5, 5.41) is 9.56. The molecule has 1 atom stereocenters. The molecule has 0 saturated carbocycles. The molecule has 4 nitrogen and oxygen atoms in total. The predicted molar refractivity (Wildman–Crippen MR) is 63.0 cm³/mol. The number of carbonyl (C=O) groups is 1. The zero-order valence-corrected chi connectivity index (χ0v) is 8.85. The second-order valence-electron chi connectivity index (χ2n) is 3.63. The Morgan fingerprint density at radius 3 is 2.82 bits per heavy atom. The Kier molecular flexibility index (Phi) is 2.93. The lowest BCUT2D eigenvalue weighted by Crippen LogP contribution is -2.31. The molecule has 1 aromatic carbocycles.